The molecule has 0 aromatic heterocycles. The lowest BCUT2D eigenvalue weighted by molar-refractivity contribution is -0.151. The molecule has 3 fully saturated rings. The summed E-state index contributed by atoms with van der Waals surface area (Å²) in [6, 6.07) is -0.507. The van der Waals surface area contributed by atoms with Gasteiger partial charge in [-0.25, -0.2) is 9.69 Å². The summed E-state index contributed by atoms with van der Waals surface area (Å²) in [7, 11) is 0. The van der Waals surface area contributed by atoms with E-state index < -0.39 is 11.9 Å². The molecule has 3 aliphatic rings. The van der Waals surface area contributed by atoms with Gasteiger partial charge in [0, 0.05) is 0 Å². The van der Waals surface area contributed by atoms with Crippen LogP contribution in [0.15, 0.2) is 11.6 Å². The number of imide groups is 1. The van der Waals surface area contributed by atoms with Gasteiger partial charge in [-0.05, 0) is 24.2 Å². The van der Waals surface area contributed by atoms with Crippen molar-refractivity contribution in [1.29, 1.82) is 0 Å². The molecule has 122 valence electrons. The first kappa shape index (κ1) is 15.6. The lowest BCUT2D eigenvalue weighted by Crippen LogP contribution is -2.36. The molecule has 0 N–H and O–H groups in total. The molecule has 6 nitrogen and oxygen atoms in total. The smallest absolute Gasteiger partial charge is 0.330 e. The lowest BCUT2D eigenvalue weighted by atomic mass is 10.1. The molecule has 1 heterocycles. The fraction of sp³-hybridized carbons (Fsp3) is 0.588. The van der Waals surface area contributed by atoms with Crippen LogP contribution in [-0.4, -0.2) is 47.5 Å². The zero-order valence-electron chi connectivity index (χ0n) is 13.4. The van der Waals surface area contributed by atoms with Crippen LogP contribution < -0.4 is 0 Å². The van der Waals surface area contributed by atoms with Crippen molar-refractivity contribution < 1.29 is 19.1 Å². The van der Waals surface area contributed by atoms with Gasteiger partial charge in [0.1, 0.15) is 6.54 Å². The Hall–Kier alpha value is -2.29. The maximum Gasteiger partial charge on any atom is 0.330 e. The molecule has 0 bridgehead atoms. The number of esters is 1. The predicted molar refractivity (Wildman–Crippen MR) is 81.7 cm³/mol. The van der Waals surface area contributed by atoms with Crippen LogP contribution in [0.2, 0.25) is 0 Å². The Morgan fingerprint density at radius 3 is 2.74 bits per heavy atom. The van der Waals surface area contributed by atoms with E-state index in [1.165, 1.54) is 10.5 Å². The number of carbonyl (C=O) groups is 3. The Morgan fingerprint density at radius 2 is 2.13 bits per heavy atom. The largest absolute Gasteiger partial charge is 0.443 e. The van der Waals surface area contributed by atoms with Crippen LogP contribution in [0.3, 0.4) is 0 Å². The van der Waals surface area contributed by atoms with Crippen LogP contribution in [0, 0.1) is 29.6 Å². The second-order valence-corrected chi connectivity index (χ2v) is 6.91. The molecule has 0 radical (unpaired) electrons. The van der Waals surface area contributed by atoms with Crippen molar-refractivity contribution in [1.82, 2.24) is 9.80 Å². The topological polar surface area (TPSA) is 66.9 Å². The summed E-state index contributed by atoms with van der Waals surface area (Å²) in [6.45, 7) is 3.73. The number of ether oxygens (including phenoxy) is 1. The van der Waals surface area contributed by atoms with Gasteiger partial charge in [-0.2, -0.15) is 0 Å². The Kier molecular flexibility index (Phi) is 3.67. The van der Waals surface area contributed by atoms with Crippen molar-refractivity contribution in [3.05, 3.63) is 11.6 Å². The zero-order valence-corrected chi connectivity index (χ0v) is 13.4. The van der Waals surface area contributed by atoms with E-state index in [9.17, 15) is 14.4 Å². The molecule has 2 atom stereocenters. The minimum Gasteiger partial charge on any atom is -0.443 e. The molecule has 3 rings (SSSR count). The monoisotopic (exact) mass is 316 g/mol. The number of urea groups is 1. The Labute approximate surface area is 135 Å². The van der Waals surface area contributed by atoms with E-state index >= 15 is 0 Å². The van der Waals surface area contributed by atoms with Crippen molar-refractivity contribution in [2.24, 2.45) is 17.3 Å². The molecule has 1 saturated heterocycles. The fourth-order valence-electron chi connectivity index (χ4n) is 3.10. The standard InChI is InChI=1S/C17H20N2O4/c1-4-7-18-9-13(20)19(16(18)22)10-23-15(21)14-12(17(14,2)3)8-11-5-6-11/h1,8,12,14H,5-7,9-10H2,2-3H3/t12-,14+/m1/s1. The van der Waals surface area contributed by atoms with E-state index in [-0.39, 0.29) is 43.0 Å². The predicted octanol–water partition coefficient (Wildman–Crippen LogP) is 1.38. The number of carbonyl (C=O) groups excluding carboxylic acids is 3. The van der Waals surface area contributed by atoms with E-state index in [2.05, 4.69) is 12.0 Å². The van der Waals surface area contributed by atoms with Crippen molar-refractivity contribution in [3.63, 3.8) is 0 Å². The molecule has 0 aromatic carbocycles. The van der Waals surface area contributed by atoms with Gasteiger partial charge in [0.25, 0.3) is 5.91 Å². The third kappa shape index (κ3) is 2.83. The van der Waals surface area contributed by atoms with E-state index in [1.807, 2.05) is 13.8 Å². The van der Waals surface area contributed by atoms with Gasteiger partial charge in [0.2, 0.25) is 0 Å². The molecule has 0 spiro atoms. The van der Waals surface area contributed by atoms with Crippen molar-refractivity contribution in [2.45, 2.75) is 26.7 Å². The summed E-state index contributed by atoms with van der Waals surface area (Å²) in [5.74, 6) is 1.56. The number of terminal acetylenes is 1. The van der Waals surface area contributed by atoms with E-state index in [1.54, 1.807) is 0 Å². The average molecular weight is 316 g/mol. The van der Waals surface area contributed by atoms with Gasteiger partial charge in [-0.3, -0.25) is 9.59 Å². The molecule has 0 aromatic rings. The van der Waals surface area contributed by atoms with Crippen LogP contribution in [-0.2, 0) is 14.3 Å². The van der Waals surface area contributed by atoms with Crippen LogP contribution in [0.4, 0.5) is 4.79 Å². The van der Waals surface area contributed by atoms with Crippen molar-refractivity contribution in [3.8, 4) is 12.3 Å². The molecule has 0 unspecified atom stereocenters. The minimum absolute atomic E-state index is 0.0652. The first-order chi connectivity index (χ1) is 10.9. The second kappa shape index (κ2) is 5.41. The summed E-state index contributed by atoms with van der Waals surface area (Å²) < 4.78 is 5.22. The van der Waals surface area contributed by atoms with Crippen molar-refractivity contribution >= 4 is 17.9 Å². The number of amides is 3. The van der Waals surface area contributed by atoms with E-state index in [4.69, 9.17) is 11.2 Å². The molecule has 1 aliphatic heterocycles. The Morgan fingerprint density at radius 1 is 1.43 bits per heavy atom. The van der Waals surface area contributed by atoms with Gasteiger partial charge in [0.05, 0.1) is 12.5 Å². The summed E-state index contributed by atoms with van der Waals surface area (Å²) in [5.41, 5.74) is 1.27. The number of allylic oxidation sites excluding steroid dienone is 2. The number of hydrogen-bond acceptors (Lipinski definition) is 4. The Bertz CT molecular complexity index is 637. The lowest BCUT2D eigenvalue weighted by Gasteiger charge is -2.15. The molecular formula is C17H20N2O4. The fourth-order valence-corrected chi connectivity index (χ4v) is 3.10. The van der Waals surface area contributed by atoms with E-state index in [0.29, 0.717) is 0 Å². The van der Waals surface area contributed by atoms with E-state index in [0.717, 1.165) is 17.7 Å². The van der Waals surface area contributed by atoms with Gasteiger partial charge in [0.15, 0.2) is 6.73 Å². The van der Waals surface area contributed by atoms with Gasteiger partial charge < -0.3 is 9.64 Å². The molecule has 2 aliphatic carbocycles. The zero-order chi connectivity index (χ0) is 16.8. The molecule has 6 heteroatoms. The highest BCUT2D eigenvalue weighted by Gasteiger charge is 2.61. The first-order valence-corrected chi connectivity index (χ1v) is 7.75. The Balaban J connectivity index is 1.56. The van der Waals surface area contributed by atoms with Gasteiger partial charge in [-0.1, -0.05) is 31.4 Å². The number of nitrogens with zero attached hydrogens (tertiary/aromatic N) is 2. The average Bonchev–Trinajstić information content (AvgIpc) is 3.35. The summed E-state index contributed by atoms with van der Waals surface area (Å²) in [5, 5.41) is 0. The van der Waals surface area contributed by atoms with Gasteiger partial charge >= 0.3 is 12.0 Å². The third-order valence-corrected chi connectivity index (χ3v) is 4.87. The van der Waals surface area contributed by atoms with Crippen LogP contribution in [0.1, 0.15) is 26.7 Å². The minimum atomic E-state index is -0.507. The molecular weight excluding hydrogens is 296 g/mol. The maximum atomic E-state index is 12.3. The third-order valence-electron chi connectivity index (χ3n) is 4.87. The SMILES string of the molecule is C#CCN1CC(=O)N(COC(=O)[C@@H]2[C@@H](C=C3CC3)C2(C)C)C1=O. The maximum absolute atomic E-state index is 12.3. The highest BCUT2D eigenvalue weighted by molar-refractivity contribution is 6.02. The summed E-state index contributed by atoms with van der Waals surface area (Å²) in [4.78, 5) is 38.2. The van der Waals surface area contributed by atoms with Crippen LogP contribution in [0.5, 0.6) is 0 Å². The quantitative estimate of drug-likeness (QED) is 0.333. The normalized spacial score (nSPS) is 27.8. The summed E-state index contributed by atoms with van der Waals surface area (Å²) >= 11 is 0. The first-order valence-electron chi connectivity index (χ1n) is 7.75. The second-order valence-electron chi connectivity index (χ2n) is 6.91. The van der Waals surface area contributed by atoms with Crippen LogP contribution >= 0.6 is 0 Å². The highest BCUT2D eigenvalue weighted by atomic mass is 16.5. The summed E-state index contributed by atoms with van der Waals surface area (Å²) in [6.07, 6.45) is 9.57. The van der Waals surface area contributed by atoms with Crippen LogP contribution in [0.25, 0.3) is 0 Å². The molecule has 2 saturated carbocycles. The number of rotatable bonds is 5. The molecule has 3 amide bonds. The van der Waals surface area contributed by atoms with Crippen molar-refractivity contribution in [2.75, 3.05) is 19.8 Å². The molecule has 23 heavy (non-hydrogen) atoms. The number of hydrogen-bond donors (Lipinski definition) is 0. The van der Waals surface area contributed by atoms with Gasteiger partial charge in [-0.15, -0.1) is 6.42 Å². The highest BCUT2D eigenvalue weighted by Crippen LogP contribution is 2.60.